The molecule has 1 radical (unpaired) electrons. The first-order valence-electron chi connectivity index (χ1n) is 3.34. The van der Waals surface area contributed by atoms with E-state index in [4.69, 9.17) is 5.26 Å². The highest BCUT2D eigenvalue weighted by Gasteiger charge is 2.07. The fraction of sp³-hybridized carbons (Fsp3) is 0.714. The van der Waals surface area contributed by atoms with Crippen LogP contribution in [0.4, 0.5) is 0 Å². The van der Waals surface area contributed by atoms with Crippen LogP contribution in [0.15, 0.2) is 0 Å². The minimum Gasteiger partial charge on any atom is -0.290 e. The lowest BCUT2D eigenvalue weighted by atomic mass is 10.1. The second-order valence-corrected chi connectivity index (χ2v) is 2.32. The monoisotopic (exact) mass is 123 g/mol. The number of nitrogens with zero attached hydrogens (tertiary/aromatic N) is 2. The molecule has 0 saturated carbocycles. The van der Waals surface area contributed by atoms with Gasteiger partial charge in [-0.3, -0.25) is 4.90 Å². The maximum atomic E-state index is 8.31. The average molecular weight is 123 g/mol. The van der Waals surface area contributed by atoms with E-state index in [2.05, 4.69) is 17.4 Å². The van der Waals surface area contributed by atoms with Gasteiger partial charge in [-0.25, -0.2) is 0 Å². The zero-order chi connectivity index (χ0) is 6.53. The number of piperidine rings is 1. The summed E-state index contributed by atoms with van der Waals surface area (Å²) in [5.74, 6) is 0. The molecule has 0 amide bonds. The van der Waals surface area contributed by atoms with Gasteiger partial charge in [-0.2, -0.15) is 5.26 Å². The van der Waals surface area contributed by atoms with Gasteiger partial charge in [-0.1, -0.05) is 0 Å². The van der Waals surface area contributed by atoms with Gasteiger partial charge in [0.15, 0.2) is 0 Å². The van der Waals surface area contributed by atoms with Crippen molar-refractivity contribution < 1.29 is 0 Å². The molecular weight excluding hydrogens is 112 g/mol. The summed E-state index contributed by atoms with van der Waals surface area (Å²) < 4.78 is 0. The molecule has 0 aromatic carbocycles. The Hall–Kier alpha value is -0.550. The molecule has 0 spiro atoms. The Morgan fingerprint density at radius 1 is 1.67 bits per heavy atom. The van der Waals surface area contributed by atoms with E-state index in [1.54, 1.807) is 0 Å². The lowest BCUT2D eigenvalue weighted by Gasteiger charge is -2.22. The Kier molecular flexibility index (Phi) is 2.53. The molecule has 1 saturated heterocycles. The van der Waals surface area contributed by atoms with Gasteiger partial charge >= 0.3 is 0 Å². The van der Waals surface area contributed by atoms with Crippen LogP contribution in [0.1, 0.15) is 12.8 Å². The quantitative estimate of drug-likeness (QED) is 0.482. The van der Waals surface area contributed by atoms with Crippen molar-refractivity contribution in [1.29, 1.82) is 5.26 Å². The fourth-order valence-corrected chi connectivity index (χ4v) is 1.07. The Morgan fingerprint density at radius 3 is 3.11 bits per heavy atom. The van der Waals surface area contributed by atoms with Crippen LogP contribution in [0.3, 0.4) is 0 Å². The van der Waals surface area contributed by atoms with Crippen LogP contribution in [0, 0.1) is 17.8 Å². The Labute approximate surface area is 56.1 Å². The van der Waals surface area contributed by atoms with Gasteiger partial charge in [-0.05, 0) is 25.8 Å². The maximum absolute atomic E-state index is 8.31. The second kappa shape index (κ2) is 3.47. The van der Waals surface area contributed by atoms with E-state index >= 15 is 0 Å². The molecule has 0 N–H and O–H groups in total. The van der Waals surface area contributed by atoms with Crippen LogP contribution < -0.4 is 0 Å². The Bertz CT molecular complexity index is 109. The highest BCUT2D eigenvalue weighted by atomic mass is 15.1. The van der Waals surface area contributed by atoms with Gasteiger partial charge in [0.1, 0.15) is 0 Å². The summed E-state index contributed by atoms with van der Waals surface area (Å²) in [4.78, 5) is 2.16. The van der Waals surface area contributed by atoms with Crippen molar-refractivity contribution in [3.8, 4) is 6.07 Å². The van der Waals surface area contributed by atoms with Crippen molar-refractivity contribution in [3.63, 3.8) is 0 Å². The van der Waals surface area contributed by atoms with Crippen molar-refractivity contribution in [3.05, 3.63) is 6.42 Å². The molecule has 2 heteroatoms. The molecule has 0 unspecified atom stereocenters. The van der Waals surface area contributed by atoms with E-state index in [-0.39, 0.29) is 0 Å². The Balaban J connectivity index is 2.17. The molecule has 1 fully saturated rings. The highest BCUT2D eigenvalue weighted by molar-refractivity contribution is 4.83. The normalized spacial score (nSPS) is 21.2. The van der Waals surface area contributed by atoms with Crippen molar-refractivity contribution in [2.45, 2.75) is 12.8 Å². The van der Waals surface area contributed by atoms with Crippen LogP contribution in [-0.2, 0) is 0 Å². The fourth-order valence-electron chi connectivity index (χ4n) is 1.07. The van der Waals surface area contributed by atoms with Gasteiger partial charge < -0.3 is 0 Å². The number of nitriles is 1. The predicted molar refractivity (Wildman–Crippen MR) is 35.6 cm³/mol. The van der Waals surface area contributed by atoms with E-state index in [0.717, 1.165) is 13.1 Å². The molecule has 0 atom stereocenters. The molecule has 1 aliphatic rings. The summed E-state index contributed by atoms with van der Waals surface area (Å²) in [7, 11) is 0. The molecule has 1 rings (SSSR count). The summed E-state index contributed by atoms with van der Waals surface area (Å²) in [5.41, 5.74) is 0. The molecule has 1 heterocycles. The summed E-state index contributed by atoms with van der Waals surface area (Å²) >= 11 is 0. The highest BCUT2D eigenvalue weighted by Crippen LogP contribution is 2.05. The molecular formula is C7H11N2. The van der Waals surface area contributed by atoms with Crippen LogP contribution >= 0.6 is 0 Å². The third-order valence-corrected chi connectivity index (χ3v) is 1.56. The topological polar surface area (TPSA) is 27.0 Å². The average Bonchev–Trinajstić information content (AvgIpc) is 1.91. The first kappa shape index (κ1) is 6.57. The van der Waals surface area contributed by atoms with Crippen LogP contribution in [0.2, 0.25) is 0 Å². The van der Waals surface area contributed by atoms with E-state index in [1.165, 1.54) is 12.8 Å². The van der Waals surface area contributed by atoms with E-state index in [1.807, 2.05) is 0 Å². The number of hydrogen-bond donors (Lipinski definition) is 0. The zero-order valence-corrected chi connectivity index (χ0v) is 5.51. The summed E-state index contributed by atoms with van der Waals surface area (Å²) in [6.07, 6.45) is 4.68. The van der Waals surface area contributed by atoms with Crippen LogP contribution in [0.5, 0.6) is 0 Å². The standard InChI is InChI=1S/C7H11N2/c8-4-7-9-5-2-1-3-6-9/h2H,1,3,5-7H2. The van der Waals surface area contributed by atoms with Gasteiger partial charge in [0, 0.05) is 6.54 Å². The first-order valence-corrected chi connectivity index (χ1v) is 3.34. The number of likely N-dealkylation sites (tertiary alicyclic amines) is 1. The molecule has 0 aliphatic carbocycles. The van der Waals surface area contributed by atoms with Gasteiger partial charge in [0.25, 0.3) is 0 Å². The van der Waals surface area contributed by atoms with E-state index in [9.17, 15) is 0 Å². The lowest BCUT2D eigenvalue weighted by molar-refractivity contribution is 0.292. The maximum Gasteiger partial charge on any atom is 0.0866 e. The van der Waals surface area contributed by atoms with Gasteiger partial charge in [0.05, 0.1) is 12.6 Å². The molecule has 9 heavy (non-hydrogen) atoms. The minimum atomic E-state index is 0.594. The molecule has 0 bridgehead atoms. The largest absolute Gasteiger partial charge is 0.290 e. The molecule has 0 aromatic rings. The molecule has 49 valence electrons. The van der Waals surface area contributed by atoms with Crippen molar-refractivity contribution in [2.24, 2.45) is 0 Å². The van der Waals surface area contributed by atoms with Gasteiger partial charge in [0.2, 0.25) is 0 Å². The number of hydrogen-bond acceptors (Lipinski definition) is 2. The third kappa shape index (κ3) is 2.03. The zero-order valence-electron chi connectivity index (χ0n) is 5.51. The molecule has 0 aromatic heterocycles. The summed E-state index contributed by atoms with van der Waals surface area (Å²) in [6, 6.07) is 2.14. The lowest BCUT2D eigenvalue weighted by Crippen LogP contribution is -2.30. The van der Waals surface area contributed by atoms with Crippen LogP contribution in [0.25, 0.3) is 0 Å². The minimum absolute atomic E-state index is 0.594. The predicted octanol–water partition coefficient (Wildman–Crippen LogP) is 0.810. The number of rotatable bonds is 1. The van der Waals surface area contributed by atoms with Crippen molar-refractivity contribution >= 4 is 0 Å². The SMILES string of the molecule is N#CCN1C[CH]CCC1. The second-order valence-electron chi connectivity index (χ2n) is 2.32. The molecule has 2 nitrogen and oxygen atoms in total. The summed E-state index contributed by atoms with van der Waals surface area (Å²) in [5, 5.41) is 8.31. The first-order chi connectivity index (χ1) is 4.43. The van der Waals surface area contributed by atoms with Gasteiger partial charge in [-0.15, -0.1) is 0 Å². The third-order valence-electron chi connectivity index (χ3n) is 1.56. The molecule has 1 aliphatic heterocycles. The van der Waals surface area contributed by atoms with Crippen molar-refractivity contribution in [1.82, 2.24) is 4.90 Å². The van der Waals surface area contributed by atoms with Crippen LogP contribution in [-0.4, -0.2) is 24.5 Å². The smallest absolute Gasteiger partial charge is 0.0866 e. The van der Waals surface area contributed by atoms with E-state index in [0.29, 0.717) is 6.54 Å². The Morgan fingerprint density at radius 2 is 2.56 bits per heavy atom. The van der Waals surface area contributed by atoms with E-state index < -0.39 is 0 Å². The summed E-state index contributed by atoms with van der Waals surface area (Å²) in [6.45, 7) is 2.70. The van der Waals surface area contributed by atoms with Crippen molar-refractivity contribution in [2.75, 3.05) is 19.6 Å².